The fraction of sp³-hybridized carbons (Fsp3) is 0.143. The predicted molar refractivity (Wildman–Crippen MR) is 84.3 cm³/mol. The maximum absolute atomic E-state index is 12.5. The molecule has 0 spiro atoms. The van der Waals surface area contributed by atoms with Gasteiger partial charge in [-0.1, -0.05) is 12.1 Å². The summed E-state index contributed by atoms with van der Waals surface area (Å²) in [6, 6.07) is 7.15. The first-order chi connectivity index (χ1) is 9.56. The molecule has 0 fully saturated rings. The molecule has 5 nitrogen and oxygen atoms in total. The van der Waals surface area contributed by atoms with Crippen molar-refractivity contribution >= 4 is 44.5 Å². The Kier molecular flexibility index (Phi) is 3.04. The fourth-order valence-electron chi connectivity index (χ4n) is 2.35. The van der Waals surface area contributed by atoms with Crippen LogP contribution in [0.5, 0.6) is 5.75 Å². The number of aromatic hydroxyl groups is 1. The summed E-state index contributed by atoms with van der Waals surface area (Å²) in [5.41, 5.74) is -0.191. The third-order valence-corrected chi connectivity index (χ3v) is 4.21. The zero-order chi connectivity index (χ0) is 14.4. The third-order valence-electron chi connectivity index (χ3n) is 3.26. The quantitative estimate of drug-likeness (QED) is 0.518. The molecule has 3 aromatic rings. The first-order valence-electron chi connectivity index (χ1n) is 6.03. The number of hydrogen-bond acceptors (Lipinski definition) is 4. The monoisotopic (exact) mass is 383 g/mol. The van der Waals surface area contributed by atoms with Crippen LogP contribution in [-0.4, -0.2) is 9.67 Å². The summed E-state index contributed by atoms with van der Waals surface area (Å²) in [5, 5.41) is 10.8. The van der Waals surface area contributed by atoms with Crippen molar-refractivity contribution in [2.24, 2.45) is 0 Å². The normalized spacial score (nSPS) is 11.3. The van der Waals surface area contributed by atoms with E-state index in [0.717, 1.165) is 0 Å². The van der Waals surface area contributed by atoms with E-state index in [2.05, 4.69) is 0 Å². The second-order valence-electron chi connectivity index (χ2n) is 4.32. The van der Waals surface area contributed by atoms with Gasteiger partial charge in [0.2, 0.25) is 0 Å². The molecule has 0 aliphatic heterocycles. The van der Waals surface area contributed by atoms with Crippen molar-refractivity contribution in [3.05, 3.63) is 48.6 Å². The van der Waals surface area contributed by atoms with Crippen molar-refractivity contribution in [1.82, 2.24) is 4.57 Å². The van der Waals surface area contributed by atoms with Gasteiger partial charge in [0.05, 0.1) is 5.52 Å². The van der Waals surface area contributed by atoms with Gasteiger partial charge < -0.3 is 14.1 Å². The maximum atomic E-state index is 12.5. The first-order valence-corrected chi connectivity index (χ1v) is 7.11. The number of pyridine rings is 1. The number of fused-ring (bicyclic) bond motifs is 3. The van der Waals surface area contributed by atoms with Gasteiger partial charge in [0.25, 0.3) is 5.56 Å². The average Bonchev–Trinajstić information content (AvgIpc) is 2.45. The summed E-state index contributed by atoms with van der Waals surface area (Å²) in [5.74, 6) is -0.310. The van der Waals surface area contributed by atoms with Crippen LogP contribution in [0.4, 0.5) is 0 Å². The second-order valence-corrected chi connectivity index (χ2v) is 5.40. The minimum atomic E-state index is -0.644. The Morgan fingerprint density at radius 2 is 2.00 bits per heavy atom. The van der Waals surface area contributed by atoms with Gasteiger partial charge in [-0.3, -0.25) is 4.79 Å². The summed E-state index contributed by atoms with van der Waals surface area (Å²) >= 11 is 1.68. The smallest absolute Gasteiger partial charge is 0.353 e. The summed E-state index contributed by atoms with van der Waals surface area (Å²) in [4.78, 5) is 24.2. The van der Waals surface area contributed by atoms with Crippen LogP contribution in [-0.2, 0) is 6.54 Å². The highest BCUT2D eigenvalue weighted by atomic mass is 127. The number of nitrogens with zero attached hydrogens (tertiary/aromatic N) is 1. The molecule has 0 radical (unpaired) electrons. The average molecular weight is 383 g/mol. The number of hydrogen-bond donors (Lipinski definition) is 1. The van der Waals surface area contributed by atoms with Crippen LogP contribution < -0.4 is 11.2 Å². The van der Waals surface area contributed by atoms with Crippen LogP contribution in [0.1, 0.15) is 6.92 Å². The Labute approximate surface area is 126 Å². The molecule has 2 heterocycles. The zero-order valence-corrected chi connectivity index (χ0v) is 12.7. The fourth-order valence-corrected chi connectivity index (χ4v) is 2.73. The number of aromatic nitrogens is 1. The van der Waals surface area contributed by atoms with Crippen LogP contribution >= 0.6 is 22.6 Å². The Balaban J connectivity index is 2.76. The highest BCUT2D eigenvalue weighted by Crippen LogP contribution is 2.29. The molecule has 0 saturated heterocycles. The molecule has 0 saturated carbocycles. The minimum Gasteiger partial charge on any atom is -0.506 e. The van der Waals surface area contributed by atoms with Crippen LogP contribution in [0.3, 0.4) is 0 Å². The van der Waals surface area contributed by atoms with E-state index < -0.39 is 5.63 Å². The number of rotatable bonds is 1. The molecule has 0 bridgehead atoms. The van der Waals surface area contributed by atoms with Gasteiger partial charge in [-0.05, 0) is 41.6 Å². The lowest BCUT2D eigenvalue weighted by molar-refractivity contribution is 0.461. The van der Waals surface area contributed by atoms with Crippen molar-refractivity contribution in [2.45, 2.75) is 13.5 Å². The Bertz CT molecular complexity index is 955. The molecule has 0 aliphatic carbocycles. The molecule has 20 heavy (non-hydrogen) atoms. The molecule has 3 rings (SSSR count). The number of aryl methyl sites for hydroxylation is 1. The van der Waals surface area contributed by atoms with E-state index in [9.17, 15) is 14.7 Å². The molecule has 102 valence electrons. The Morgan fingerprint density at radius 3 is 2.70 bits per heavy atom. The standard InChI is InChI=1S/C14H10INO4/c1-2-16-8-6-4-3-5-7(8)12-9(13(16)18)11(17)10(15)14(19)20-12/h3-6,17H,2H2,1H3. The van der Waals surface area contributed by atoms with Gasteiger partial charge in [-0.15, -0.1) is 0 Å². The molecule has 1 aromatic carbocycles. The van der Waals surface area contributed by atoms with Crippen LogP contribution in [0.25, 0.3) is 21.9 Å². The van der Waals surface area contributed by atoms with Gasteiger partial charge in [0.15, 0.2) is 11.3 Å². The highest BCUT2D eigenvalue weighted by Gasteiger charge is 2.19. The van der Waals surface area contributed by atoms with Gasteiger partial charge in [0, 0.05) is 11.9 Å². The van der Waals surface area contributed by atoms with E-state index >= 15 is 0 Å². The number of para-hydroxylation sites is 1. The van der Waals surface area contributed by atoms with E-state index in [1.165, 1.54) is 0 Å². The van der Waals surface area contributed by atoms with E-state index in [-0.39, 0.29) is 25.8 Å². The first kappa shape index (κ1) is 13.2. The van der Waals surface area contributed by atoms with E-state index in [1.54, 1.807) is 45.4 Å². The topological polar surface area (TPSA) is 72.4 Å². The van der Waals surface area contributed by atoms with Gasteiger partial charge in [-0.25, -0.2) is 4.79 Å². The van der Waals surface area contributed by atoms with Gasteiger partial charge in [-0.2, -0.15) is 0 Å². The third kappa shape index (κ3) is 1.67. The van der Waals surface area contributed by atoms with E-state index in [0.29, 0.717) is 17.4 Å². The highest BCUT2D eigenvalue weighted by molar-refractivity contribution is 14.1. The predicted octanol–water partition coefficient (Wildman–Crippen LogP) is 2.44. The minimum absolute atomic E-state index is 0.0186. The molecule has 0 aliphatic rings. The zero-order valence-electron chi connectivity index (χ0n) is 10.5. The maximum Gasteiger partial charge on any atom is 0.353 e. The summed E-state index contributed by atoms with van der Waals surface area (Å²) in [6.45, 7) is 2.31. The largest absolute Gasteiger partial charge is 0.506 e. The lowest BCUT2D eigenvalue weighted by Crippen LogP contribution is -2.21. The summed E-state index contributed by atoms with van der Waals surface area (Å²) < 4.78 is 6.80. The van der Waals surface area contributed by atoms with Gasteiger partial charge in [0.1, 0.15) is 8.96 Å². The molecule has 0 unspecified atom stereocenters. The lowest BCUT2D eigenvalue weighted by Gasteiger charge is -2.11. The number of halogens is 1. The summed E-state index contributed by atoms with van der Waals surface area (Å²) in [7, 11) is 0. The second kappa shape index (κ2) is 4.62. The number of benzene rings is 1. The molecular weight excluding hydrogens is 373 g/mol. The SMILES string of the molecule is CCn1c(=O)c2c(O)c(I)c(=O)oc2c2ccccc21. The molecule has 1 N–H and O–H groups in total. The van der Waals surface area contributed by atoms with Crippen LogP contribution in [0.15, 0.2) is 38.3 Å². The Hall–Kier alpha value is -1.83. The molecule has 2 aromatic heterocycles. The van der Waals surface area contributed by atoms with Gasteiger partial charge >= 0.3 is 5.63 Å². The van der Waals surface area contributed by atoms with Crippen molar-refractivity contribution in [2.75, 3.05) is 0 Å². The lowest BCUT2D eigenvalue weighted by atomic mass is 10.1. The van der Waals surface area contributed by atoms with Crippen LogP contribution in [0.2, 0.25) is 0 Å². The Morgan fingerprint density at radius 1 is 1.30 bits per heavy atom. The van der Waals surface area contributed by atoms with Crippen molar-refractivity contribution in [1.29, 1.82) is 0 Å². The van der Waals surface area contributed by atoms with Crippen molar-refractivity contribution in [3.8, 4) is 5.75 Å². The molecule has 6 heteroatoms. The van der Waals surface area contributed by atoms with Crippen molar-refractivity contribution in [3.63, 3.8) is 0 Å². The summed E-state index contributed by atoms with van der Waals surface area (Å²) in [6.07, 6.45) is 0. The molecule has 0 amide bonds. The van der Waals surface area contributed by atoms with E-state index in [1.807, 2.05) is 13.0 Å². The van der Waals surface area contributed by atoms with Crippen LogP contribution in [0, 0.1) is 3.57 Å². The molecule has 0 atom stereocenters. The van der Waals surface area contributed by atoms with Crippen molar-refractivity contribution < 1.29 is 9.52 Å². The molecular formula is C14H10INO4. The van der Waals surface area contributed by atoms with E-state index in [4.69, 9.17) is 4.42 Å².